The van der Waals surface area contributed by atoms with E-state index in [1.54, 1.807) is 89.6 Å². The van der Waals surface area contributed by atoms with Crippen LogP contribution in [0.4, 0.5) is 0 Å². The molecule has 7 aromatic rings. The van der Waals surface area contributed by atoms with Crippen molar-refractivity contribution in [2.45, 2.75) is 231 Å². The van der Waals surface area contributed by atoms with Gasteiger partial charge in [-0.2, -0.15) is 0 Å². The third kappa shape index (κ3) is 54.6. The van der Waals surface area contributed by atoms with E-state index >= 15 is 0 Å². The van der Waals surface area contributed by atoms with E-state index in [-0.39, 0.29) is 112 Å². The number of amides is 6. The maximum atomic E-state index is 12.2. The molecule has 704 valence electrons. The molecule has 0 aliphatic heterocycles. The number of carbonyl (C=O) groups excluding carboxylic acids is 6. The largest absolute Gasteiger partial charge is 0.478 e. The van der Waals surface area contributed by atoms with E-state index in [1.165, 1.54) is 17.0 Å². The molecule has 127 heavy (non-hydrogen) atoms. The van der Waals surface area contributed by atoms with Gasteiger partial charge in [0.2, 0.25) is 0 Å². The summed E-state index contributed by atoms with van der Waals surface area (Å²) >= 11 is 0. The zero-order chi connectivity index (χ0) is 96.7. The second kappa shape index (κ2) is 56.9. The minimum Gasteiger partial charge on any atom is -0.478 e. The zero-order valence-electron chi connectivity index (χ0n) is 80.8. The first kappa shape index (κ1) is 115. The standard InChI is InChI=1S/C16H25NO3.2C15H23NO3.C14H21NO3.C14H21NO2.C13H19NO2.C13H16O5/c1-16(2,3)20-12-13-7-6-8-14(11-13)15(18)17(4)9-10-19-5;1-15(2,3)19-11-12-6-5-7-13(10-12)14(17)16-8-9-18-4;1-15(2,3)19-11-12-6-5-7-13(10-12)14(18)16(4)8-9-17;1-14(2,3)18-10-11-5-4-6-12(9-11)13(17)15-7-8-16;1-14(2,3)17-10-11-7-6-8-12(9-11)13(16)15(4)5;1-13(2,3)16-9-10-6-5-7-11(8-10)12(15)14-4;1-13(2,3)18-7-8-4-9(11(14)15)6-10(5-8)12(16)17/h6-8,11H,9-10,12H2,1-5H3;5-7,10H,8-9,11H2,1-4H3,(H,16,17);5-7,10,17H,8-9,11H2,1-4H3;4-6,9,16H,7-8,10H2,1-3H3,(H,15,17);6-9H,10H2,1-5H3;5-8H,9H2,1-4H3,(H,14,15);4-6H,7H2,1-3H3,(H,14,15)(H,16,17). The molecule has 27 heteroatoms. The topological polar surface area (TPSA) is 346 Å². The molecule has 7 N–H and O–H groups in total. The Morgan fingerprint density at radius 3 is 0.795 bits per heavy atom. The molecule has 6 amide bonds. The molecular formula is C100H148N6O21. The van der Waals surface area contributed by atoms with Gasteiger partial charge in [-0.1, -0.05) is 72.8 Å². The van der Waals surface area contributed by atoms with Crippen LogP contribution < -0.4 is 16.0 Å². The molecule has 7 aromatic carbocycles. The van der Waals surface area contributed by atoms with Crippen molar-refractivity contribution in [3.8, 4) is 0 Å². The fourth-order valence-corrected chi connectivity index (χ4v) is 9.98. The number of ether oxygens (including phenoxy) is 9. The van der Waals surface area contributed by atoms with E-state index in [9.17, 15) is 38.4 Å². The maximum Gasteiger partial charge on any atom is 0.335 e. The van der Waals surface area contributed by atoms with Crippen LogP contribution in [0.15, 0.2) is 164 Å². The van der Waals surface area contributed by atoms with Crippen molar-refractivity contribution in [3.63, 3.8) is 0 Å². The first-order chi connectivity index (χ1) is 58.9. The number of aromatic carboxylic acids is 2. The van der Waals surface area contributed by atoms with Gasteiger partial charge in [-0.05, 0) is 275 Å². The van der Waals surface area contributed by atoms with E-state index in [2.05, 4.69) is 16.0 Å². The van der Waals surface area contributed by atoms with Crippen molar-refractivity contribution in [2.75, 3.05) is 102 Å². The average Bonchev–Trinajstić information content (AvgIpc) is 0.808. The Labute approximate surface area is 755 Å². The quantitative estimate of drug-likeness (QED) is 0.0193. The van der Waals surface area contributed by atoms with Crippen LogP contribution in [0.5, 0.6) is 0 Å². The smallest absolute Gasteiger partial charge is 0.335 e. The Bertz CT molecular complexity index is 4440. The summed E-state index contributed by atoms with van der Waals surface area (Å²) < 4.78 is 49.5. The molecule has 0 spiro atoms. The number of carboxylic acid groups (broad SMARTS) is 2. The van der Waals surface area contributed by atoms with Gasteiger partial charge >= 0.3 is 11.9 Å². The summed E-state index contributed by atoms with van der Waals surface area (Å²) in [7, 11) is 11.8. The predicted molar refractivity (Wildman–Crippen MR) is 499 cm³/mol. The summed E-state index contributed by atoms with van der Waals surface area (Å²) in [6.07, 6.45) is 0. The van der Waals surface area contributed by atoms with E-state index in [1.807, 2.05) is 261 Å². The molecule has 0 heterocycles. The minimum atomic E-state index is -1.16. The highest BCUT2D eigenvalue weighted by molar-refractivity contribution is 5.97. The lowest BCUT2D eigenvalue weighted by atomic mass is 10.1. The van der Waals surface area contributed by atoms with Crippen LogP contribution in [0.2, 0.25) is 0 Å². The third-order valence-corrected chi connectivity index (χ3v) is 16.7. The highest BCUT2D eigenvalue weighted by Gasteiger charge is 2.21. The minimum absolute atomic E-state index is 0.000316. The first-order valence-corrected chi connectivity index (χ1v) is 42.2. The Kier molecular flexibility index (Phi) is 51.5. The number of carbonyl (C=O) groups is 8. The average molecular weight is 1770 g/mol. The Hall–Kier alpha value is -10.1. The van der Waals surface area contributed by atoms with Gasteiger partial charge in [-0.15, -0.1) is 0 Å². The van der Waals surface area contributed by atoms with Gasteiger partial charge in [0.05, 0.1) is 123 Å². The number of nitrogens with one attached hydrogen (secondary N) is 3. The molecule has 0 fully saturated rings. The van der Waals surface area contributed by atoms with Crippen molar-refractivity contribution >= 4 is 47.4 Å². The lowest BCUT2D eigenvalue weighted by Gasteiger charge is -2.20. The van der Waals surface area contributed by atoms with Crippen LogP contribution in [-0.2, 0) is 88.9 Å². The summed E-state index contributed by atoms with van der Waals surface area (Å²) in [5.74, 6) is -2.73. The van der Waals surface area contributed by atoms with Gasteiger partial charge in [0.1, 0.15) is 0 Å². The second-order valence-corrected chi connectivity index (χ2v) is 36.7. The highest BCUT2D eigenvalue weighted by atomic mass is 16.5. The van der Waals surface area contributed by atoms with Crippen molar-refractivity contribution in [1.29, 1.82) is 0 Å². The van der Waals surface area contributed by atoms with Gasteiger partial charge in [0, 0.05) is 109 Å². The van der Waals surface area contributed by atoms with Gasteiger partial charge in [0.25, 0.3) is 35.4 Å². The second-order valence-electron chi connectivity index (χ2n) is 36.7. The molecule has 0 saturated carbocycles. The van der Waals surface area contributed by atoms with E-state index in [0.29, 0.717) is 111 Å². The molecule has 27 nitrogen and oxygen atoms in total. The number of rotatable bonds is 32. The number of carboxylic acids is 2. The molecule has 0 bridgehead atoms. The number of aliphatic hydroxyl groups is 2. The zero-order valence-corrected chi connectivity index (χ0v) is 80.8. The number of hydrogen-bond acceptors (Lipinski definition) is 19. The molecule has 0 saturated heterocycles. The lowest BCUT2D eigenvalue weighted by Crippen LogP contribution is -2.30. The number of hydrogen-bond donors (Lipinski definition) is 7. The van der Waals surface area contributed by atoms with Crippen molar-refractivity contribution in [1.82, 2.24) is 30.7 Å². The molecule has 7 rings (SSSR count). The molecule has 0 atom stereocenters. The van der Waals surface area contributed by atoms with Gasteiger partial charge in [-0.3, -0.25) is 28.8 Å². The number of nitrogens with zero attached hydrogens (tertiary/aromatic N) is 3. The highest BCUT2D eigenvalue weighted by Crippen LogP contribution is 2.22. The summed E-state index contributed by atoms with van der Waals surface area (Å²) in [5.41, 5.74) is 8.80. The van der Waals surface area contributed by atoms with Gasteiger partial charge in [-0.25, -0.2) is 9.59 Å². The van der Waals surface area contributed by atoms with Gasteiger partial charge < -0.3 is 93.7 Å². The third-order valence-electron chi connectivity index (χ3n) is 16.7. The number of likely N-dealkylation sites (N-methyl/N-ethyl adjacent to an activating group) is 2. The summed E-state index contributed by atoms with van der Waals surface area (Å²) in [4.78, 5) is 97.6. The molecule has 0 radical (unpaired) electrons. The molecular weight excluding hydrogens is 1620 g/mol. The fourth-order valence-electron chi connectivity index (χ4n) is 9.98. The van der Waals surface area contributed by atoms with Gasteiger partial charge in [0.15, 0.2) is 0 Å². The van der Waals surface area contributed by atoms with Crippen LogP contribution in [0.3, 0.4) is 0 Å². The molecule has 0 aliphatic carbocycles. The summed E-state index contributed by atoms with van der Waals surface area (Å²) in [6, 6.07) is 48.7. The number of benzene rings is 7. The van der Waals surface area contributed by atoms with Crippen LogP contribution in [0, 0.1) is 0 Å². The van der Waals surface area contributed by atoms with Crippen LogP contribution >= 0.6 is 0 Å². The van der Waals surface area contributed by atoms with Crippen LogP contribution in [0.1, 0.15) is 267 Å². The van der Waals surface area contributed by atoms with E-state index in [0.717, 1.165) is 39.4 Å². The normalized spacial score (nSPS) is 11.4. The summed E-state index contributed by atoms with van der Waals surface area (Å²) in [5, 5.41) is 43.3. The van der Waals surface area contributed by atoms with Crippen molar-refractivity contribution in [2.24, 2.45) is 0 Å². The van der Waals surface area contributed by atoms with E-state index in [4.69, 9.17) is 63.1 Å². The summed E-state index contributed by atoms with van der Waals surface area (Å²) in [6.45, 7) is 47.5. The molecule has 0 aromatic heterocycles. The first-order valence-electron chi connectivity index (χ1n) is 42.2. The SMILES string of the molecule is CC(C)(C)OCc1cc(C(=O)O)cc(C(=O)O)c1.CC(C)(C)OCc1cccc(C(=O)NCCO)c1.CN(C)C(=O)c1cccc(COC(C)(C)C)c1.CN(CCO)C(=O)c1cccc(COC(C)(C)C)c1.CNC(=O)c1cccc(COC(C)(C)C)c1.COCCN(C)C(=O)c1cccc(COC(C)(C)C)c1.COCCNC(=O)c1cccc(COC(C)(C)C)c1. The van der Waals surface area contributed by atoms with E-state index < -0.39 is 11.9 Å². The monoisotopic (exact) mass is 1770 g/mol. The van der Waals surface area contributed by atoms with Crippen LogP contribution in [0.25, 0.3) is 0 Å². The molecule has 0 unspecified atom stereocenters. The van der Waals surface area contributed by atoms with Crippen molar-refractivity contribution < 1.29 is 101 Å². The number of aliphatic hydroxyl groups excluding tert-OH is 2. The van der Waals surface area contributed by atoms with Crippen molar-refractivity contribution in [3.05, 3.63) is 247 Å². The maximum absolute atomic E-state index is 12.2. The lowest BCUT2D eigenvalue weighted by molar-refractivity contribution is -0.0153. The predicted octanol–water partition coefficient (Wildman–Crippen LogP) is 16.4. The Morgan fingerprint density at radius 1 is 0.299 bits per heavy atom. The molecule has 0 aliphatic rings. The fraction of sp³-hybridized carbons (Fsp3) is 0.500. The Morgan fingerprint density at radius 2 is 0.543 bits per heavy atom. The number of methoxy groups -OCH3 is 2. The van der Waals surface area contributed by atoms with Crippen LogP contribution in [-0.4, -0.2) is 224 Å². The Balaban J connectivity index is 0.000000742.